The van der Waals surface area contributed by atoms with Crippen LogP contribution in [0.1, 0.15) is 12.5 Å². The van der Waals surface area contributed by atoms with Crippen LogP contribution in [0.15, 0.2) is 18.5 Å². The quantitative estimate of drug-likeness (QED) is 0.599. The molecule has 0 radical (unpaired) electrons. The van der Waals surface area contributed by atoms with E-state index in [2.05, 4.69) is 4.98 Å². The minimum atomic E-state index is 0.394. The fourth-order valence-corrected chi connectivity index (χ4v) is 0.978. The van der Waals surface area contributed by atoms with E-state index in [0.717, 1.165) is 5.56 Å². The predicted octanol–water partition coefficient (Wildman–Crippen LogP) is 2.32. The Hall–Kier alpha value is -1.22. The molecule has 0 aliphatic heterocycles. The van der Waals surface area contributed by atoms with Gasteiger partial charge in [-0.2, -0.15) is 0 Å². The van der Waals surface area contributed by atoms with Crippen molar-refractivity contribution in [3.05, 3.63) is 29.2 Å². The molecule has 0 saturated heterocycles. The van der Waals surface area contributed by atoms with Gasteiger partial charge >= 0.3 is 0 Å². The molecule has 0 bridgehead atoms. The molecule has 1 aromatic heterocycles. The third-order valence-corrected chi connectivity index (χ3v) is 1.65. The number of hydrogen-bond acceptors (Lipinski definition) is 3. The van der Waals surface area contributed by atoms with E-state index in [1.165, 1.54) is 0 Å². The lowest BCUT2D eigenvalue weighted by Gasteiger charge is -1.99. The van der Waals surface area contributed by atoms with Crippen LogP contribution in [-0.4, -0.2) is 11.6 Å². The van der Waals surface area contributed by atoms with Crippen LogP contribution in [0.3, 0.4) is 0 Å². The Morgan fingerprint density at radius 1 is 1.69 bits per heavy atom. The van der Waals surface area contributed by atoms with E-state index in [0.29, 0.717) is 17.4 Å². The molecule has 0 aromatic carbocycles. The van der Waals surface area contributed by atoms with Crippen molar-refractivity contribution in [2.24, 2.45) is 0 Å². The van der Waals surface area contributed by atoms with Gasteiger partial charge in [-0.05, 0) is 19.1 Å². The molecule has 1 aromatic rings. The number of aromatic nitrogens is 1. The maximum absolute atomic E-state index is 5.67. The van der Waals surface area contributed by atoms with Crippen LogP contribution < -0.4 is 5.73 Å². The van der Waals surface area contributed by atoms with Crippen LogP contribution in [0.2, 0.25) is 5.15 Å². The maximum atomic E-state index is 5.67. The zero-order valence-corrected chi connectivity index (χ0v) is 8.08. The SMILES string of the molecule is CCO/C=C\c1cnc(Cl)cc1N. The highest BCUT2D eigenvalue weighted by Gasteiger charge is 1.96. The van der Waals surface area contributed by atoms with E-state index in [1.807, 2.05) is 6.92 Å². The molecular weight excluding hydrogens is 188 g/mol. The fraction of sp³-hybridized carbons (Fsp3) is 0.222. The highest BCUT2D eigenvalue weighted by Crippen LogP contribution is 2.16. The van der Waals surface area contributed by atoms with Crippen molar-refractivity contribution >= 4 is 23.4 Å². The zero-order chi connectivity index (χ0) is 9.68. The van der Waals surface area contributed by atoms with Crippen LogP contribution in [0, 0.1) is 0 Å². The second kappa shape index (κ2) is 4.72. The highest BCUT2D eigenvalue weighted by molar-refractivity contribution is 6.29. The van der Waals surface area contributed by atoms with Crippen molar-refractivity contribution in [3.63, 3.8) is 0 Å². The van der Waals surface area contributed by atoms with Crippen LogP contribution in [0.25, 0.3) is 6.08 Å². The molecule has 13 heavy (non-hydrogen) atoms. The van der Waals surface area contributed by atoms with Crippen LogP contribution in [-0.2, 0) is 4.74 Å². The molecule has 0 spiro atoms. The number of nitrogens with two attached hydrogens (primary N) is 1. The molecule has 0 fully saturated rings. The largest absolute Gasteiger partial charge is 0.501 e. The van der Waals surface area contributed by atoms with Crippen molar-refractivity contribution in [1.29, 1.82) is 0 Å². The van der Waals surface area contributed by atoms with Gasteiger partial charge in [0, 0.05) is 17.4 Å². The van der Waals surface area contributed by atoms with Crippen molar-refractivity contribution in [2.45, 2.75) is 6.92 Å². The van der Waals surface area contributed by atoms with Gasteiger partial charge in [0.1, 0.15) is 5.15 Å². The molecule has 0 saturated carbocycles. The standard InChI is InChI=1S/C9H11ClN2O/c1-2-13-4-3-7-6-12-9(10)5-8(7)11/h3-6H,2H2,1H3,(H2,11,12)/b4-3-. The summed E-state index contributed by atoms with van der Waals surface area (Å²) >= 11 is 5.63. The molecule has 0 unspecified atom stereocenters. The Balaban J connectivity index is 2.77. The van der Waals surface area contributed by atoms with Crippen molar-refractivity contribution in [2.75, 3.05) is 12.3 Å². The molecule has 0 atom stereocenters. The van der Waals surface area contributed by atoms with Crippen molar-refractivity contribution in [3.8, 4) is 0 Å². The van der Waals surface area contributed by atoms with E-state index >= 15 is 0 Å². The summed E-state index contributed by atoms with van der Waals surface area (Å²) in [4.78, 5) is 3.90. The Bertz CT molecular complexity index is 312. The predicted molar refractivity (Wildman–Crippen MR) is 54.3 cm³/mol. The molecule has 4 heteroatoms. The average molecular weight is 199 g/mol. The van der Waals surface area contributed by atoms with E-state index in [9.17, 15) is 0 Å². The summed E-state index contributed by atoms with van der Waals surface area (Å²) in [7, 11) is 0. The fourth-order valence-electron chi connectivity index (χ4n) is 0.812. The molecule has 0 aliphatic rings. The van der Waals surface area contributed by atoms with Gasteiger partial charge in [0.15, 0.2) is 0 Å². The minimum Gasteiger partial charge on any atom is -0.501 e. The topological polar surface area (TPSA) is 48.1 Å². The van der Waals surface area contributed by atoms with Gasteiger partial charge in [-0.15, -0.1) is 0 Å². The summed E-state index contributed by atoms with van der Waals surface area (Å²) in [5, 5.41) is 0.394. The van der Waals surface area contributed by atoms with Crippen LogP contribution in [0.4, 0.5) is 5.69 Å². The summed E-state index contributed by atoms with van der Waals surface area (Å²) in [6.07, 6.45) is 4.94. The molecule has 1 rings (SSSR count). The smallest absolute Gasteiger partial charge is 0.131 e. The van der Waals surface area contributed by atoms with Crippen LogP contribution >= 0.6 is 11.6 Å². The number of hydrogen-bond donors (Lipinski definition) is 1. The monoisotopic (exact) mass is 198 g/mol. The number of pyridine rings is 1. The Labute approximate surface area is 82.2 Å². The highest BCUT2D eigenvalue weighted by atomic mass is 35.5. The van der Waals surface area contributed by atoms with Gasteiger partial charge in [-0.3, -0.25) is 0 Å². The van der Waals surface area contributed by atoms with E-state index in [4.69, 9.17) is 22.1 Å². The van der Waals surface area contributed by atoms with Gasteiger partial charge in [-0.1, -0.05) is 11.6 Å². The normalized spacial score (nSPS) is 10.6. The first kappa shape index (κ1) is 9.86. The maximum Gasteiger partial charge on any atom is 0.131 e. The summed E-state index contributed by atoms with van der Waals surface area (Å²) < 4.78 is 5.03. The summed E-state index contributed by atoms with van der Waals surface area (Å²) in [5.41, 5.74) is 7.07. The summed E-state index contributed by atoms with van der Waals surface area (Å²) in [5.74, 6) is 0. The third-order valence-electron chi connectivity index (χ3n) is 1.45. The minimum absolute atomic E-state index is 0.394. The number of ether oxygens (including phenoxy) is 1. The van der Waals surface area contributed by atoms with Gasteiger partial charge in [0.2, 0.25) is 0 Å². The number of nitrogens with zero attached hydrogens (tertiary/aromatic N) is 1. The van der Waals surface area contributed by atoms with Gasteiger partial charge in [0.05, 0.1) is 12.9 Å². The third kappa shape index (κ3) is 2.95. The Morgan fingerprint density at radius 2 is 2.46 bits per heavy atom. The van der Waals surface area contributed by atoms with E-state index < -0.39 is 0 Å². The van der Waals surface area contributed by atoms with Crippen LogP contribution in [0.5, 0.6) is 0 Å². The Kier molecular flexibility index (Phi) is 3.58. The lowest BCUT2D eigenvalue weighted by molar-refractivity contribution is 0.272. The number of rotatable bonds is 3. The first-order valence-electron chi connectivity index (χ1n) is 3.93. The number of anilines is 1. The molecule has 0 aliphatic carbocycles. The first-order chi connectivity index (χ1) is 6.24. The number of nitrogen functional groups attached to an aromatic ring is 1. The lowest BCUT2D eigenvalue weighted by Crippen LogP contribution is -1.90. The van der Waals surface area contributed by atoms with E-state index in [1.54, 1.807) is 24.6 Å². The second-order valence-corrected chi connectivity index (χ2v) is 2.78. The lowest BCUT2D eigenvalue weighted by atomic mass is 10.2. The van der Waals surface area contributed by atoms with Gasteiger partial charge in [0.25, 0.3) is 0 Å². The second-order valence-electron chi connectivity index (χ2n) is 2.39. The van der Waals surface area contributed by atoms with Gasteiger partial charge in [-0.25, -0.2) is 4.98 Å². The molecule has 2 N–H and O–H groups in total. The van der Waals surface area contributed by atoms with Crippen molar-refractivity contribution < 1.29 is 4.74 Å². The average Bonchev–Trinajstić information content (AvgIpc) is 2.09. The zero-order valence-electron chi connectivity index (χ0n) is 7.33. The Morgan fingerprint density at radius 3 is 3.08 bits per heavy atom. The molecule has 0 amide bonds. The summed E-state index contributed by atoms with van der Waals surface area (Å²) in [6.45, 7) is 2.55. The summed E-state index contributed by atoms with van der Waals surface area (Å²) in [6, 6.07) is 1.60. The van der Waals surface area contributed by atoms with Gasteiger partial charge < -0.3 is 10.5 Å². The van der Waals surface area contributed by atoms with E-state index in [-0.39, 0.29) is 0 Å². The number of halogens is 1. The van der Waals surface area contributed by atoms with Crippen molar-refractivity contribution in [1.82, 2.24) is 4.98 Å². The molecule has 1 heterocycles. The first-order valence-corrected chi connectivity index (χ1v) is 4.31. The molecular formula is C9H11ClN2O. The molecule has 3 nitrogen and oxygen atoms in total. The molecule has 70 valence electrons.